The number of hydrogen-bond acceptors (Lipinski definition) is 4. The van der Waals surface area contributed by atoms with Gasteiger partial charge < -0.3 is 10.2 Å². The fraction of sp³-hybridized carbons (Fsp3) is 0.667. The molecule has 2 heterocycles. The zero-order chi connectivity index (χ0) is 13.8. The van der Waals surface area contributed by atoms with Crippen LogP contribution in [0.4, 0.5) is 5.82 Å². The van der Waals surface area contributed by atoms with Crippen molar-refractivity contribution >= 4 is 17.6 Å². The lowest BCUT2D eigenvalue weighted by Gasteiger charge is -2.34. The maximum absolute atomic E-state index is 4.82. The van der Waals surface area contributed by atoms with E-state index in [0.29, 0.717) is 0 Å². The number of thioether (sulfide) groups is 1. The highest BCUT2D eigenvalue weighted by Crippen LogP contribution is 2.28. The molecule has 0 saturated carbocycles. The van der Waals surface area contributed by atoms with Crippen molar-refractivity contribution in [2.24, 2.45) is 0 Å². The highest BCUT2D eigenvalue weighted by atomic mass is 32.2. The third-order valence-corrected chi connectivity index (χ3v) is 5.07. The number of anilines is 1. The van der Waals surface area contributed by atoms with Crippen molar-refractivity contribution in [1.82, 2.24) is 10.3 Å². The van der Waals surface area contributed by atoms with Crippen molar-refractivity contribution in [1.29, 1.82) is 0 Å². The van der Waals surface area contributed by atoms with Crippen LogP contribution in [0.15, 0.2) is 6.07 Å². The molecule has 1 aromatic rings. The minimum Gasteiger partial charge on any atom is -0.354 e. The van der Waals surface area contributed by atoms with E-state index in [4.69, 9.17) is 4.98 Å². The van der Waals surface area contributed by atoms with Gasteiger partial charge in [0, 0.05) is 41.9 Å². The first-order valence-corrected chi connectivity index (χ1v) is 8.18. The molecule has 1 aliphatic rings. The van der Waals surface area contributed by atoms with Gasteiger partial charge in [-0.25, -0.2) is 4.98 Å². The van der Waals surface area contributed by atoms with E-state index in [1.54, 1.807) is 0 Å². The second-order valence-corrected chi connectivity index (χ2v) is 6.67. The van der Waals surface area contributed by atoms with E-state index < -0.39 is 0 Å². The zero-order valence-corrected chi connectivity index (χ0v) is 13.3. The Morgan fingerprint density at radius 3 is 2.95 bits per heavy atom. The minimum absolute atomic E-state index is 0.749. The molecule has 1 aromatic heterocycles. The van der Waals surface area contributed by atoms with Crippen molar-refractivity contribution in [3.8, 4) is 0 Å². The quantitative estimate of drug-likeness (QED) is 0.917. The van der Waals surface area contributed by atoms with Crippen molar-refractivity contribution in [2.45, 2.75) is 39.0 Å². The van der Waals surface area contributed by atoms with Gasteiger partial charge in [0.15, 0.2) is 0 Å². The molecule has 19 heavy (non-hydrogen) atoms. The maximum Gasteiger partial charge on any atom is 0.133 e. The monoisotopic (exact) mass is 279 g/mol. The summed E-state index contributed by atoms with van der Waals surface area (Å²) in [6.45, 7) is 9.72. The molecule has 0 radical (unpaired) electrons. The normalized spacial score (nSPS) is 19.8. The second-order valence-electron chi connectivity index (χ2n) is 5.26. The second kappa shape index (κ2) is 6.62. The van der Waals surface area contributed by atoms with E-state index in [0.717, 1.165) is 30.6 Å². The highest BCUT2D eigenvalue weighted by Gasteiger charge is 2.22. The van der Waals surface area contributed by atoms with Crippen LogP contribution >= 0.6 is 11.8 Å². The van der Waals surface area contributed by atoms with Gasteiger partial charge in [0.25, 0.3) is 0 Å². The molecule has 4 heteroatoms. The zero-order valence-electron chi connectivity index (χ0n) is 12.5. The largest absolute Gasteiger partial charge is 0.354 e. The van der Waals surface area contributed by atoms with E-state index >= 15 is 0 Å². The summed E-state index contributed by atoms with van der Waals surface area (Å²) in [5.74, 6) is 2.41. The standard InChI is InChI=1S/C15H25N3S/c1-5-13-10-18(6-7-19-13)15-14(9-16-4)11(2)8-12(3)17-15/h8,13,16H,5-7,9-10H2,1-4H3. The molecular formula is C15H25N3S. The molecule has 3 nitrogen and oxygen atoms in total. The summed E-state index contributed by atoms with van der Waals surface area (Å²) in [5, 5.41) is 4.03. The number of rotatable bonds is 4. The highest BCUT2D eigenvalue weighted by molar-refractivity contribution is 8.00. The molecular weight excluding hydrogens is 254 g/mol. The first kappa shape index (κ1) is 14.7. The lowest BCUT2D eigenvalue weighted by Crippen LogP contribution is -2.39. The Morgan fingerprint density at radius 1 is 1.47 bits per heavy atom. The lowest BCUT2D eigenvalue weighted by molar-refractivity contribution is 0.706. The summed E-state index contributed by atoms with van der Waals surface area (Å²) in [5.41, 5.74) is 3.83. The number of hydrogen-bond donors (Lipinski definition) is 1. The van der Waals surface area contributed by atoms with E-state index in [1.807, 2.05) is 7.05 Å². The van der Waals surface area contributed by atoms with Crippen LogP contribution in [0, 0.1) is 13.8 Å². The molecule has 1 saturated heterocycles. The third kappa shape index (κ3) is 3.42. The lowest BCUT2D eigenvalue weighted by atomic mass is 10.1. The van der Waals surface area contributed by atoms with E-state index in [1.165, 1.54) is 29.1 Å². The van der Waals surface area contributed by atoms with Crippen LogP contribution in [-0.4, -0.2) is 36.1 Å². The van der Waals surface area contributed by atoms with E-state index in [-0.39, 0.29) is 0 Å². The molecule has 0 aliphatic carbocycles. The maximum atomic E-state index is 4.82. The number of aromatic nitrogens is 1. The Bertz CT molecular complexity index is 434. The summed E-state index contributed by atoms with van der Waals surface area (Å²) >= 11 is 2.10. The van der Waals surface area contributed by atoms with Gasteiger partial charge in [0.05, 0.1) is 0 Å². The Balaban J connectivity index is 2.31. The van der Waals surface area contributed by atoms with Crippen molar-refractivity contribution in [3.63, 3.8) is 0 Å². The fourth-order valence-corrected chi connectivity index (χ4v) is 3.84. The van der Waals surface area contributed by atoms with Crippen LogP contribution < -0.4 is 10.2 Å². The summed E-state index contributed by atoms with van der Waals surface area (Å²) in [4.78, 5) is 7.31. The topological polar surface area (TPSA) is 28.2 Å². The summed E-state index contributed by atoms with van der Waals surface area (Å²) in [6, 6.07) is 2.19. The number of aryl methyl sites for hydroxylation is 2. The van der Waals surface area contributed by atoms with Gasteiger partial charge in [-0.15, -0.1) is 0 Å². The van der Waals surface area contributed by atoms with Gasteiger partial charge in [-0.2, -0.15) is 11.8 Å². The summed E-state index contributed by atoms with van der Waals surface area (Å²) in [7, 11) is 2.00. The molecule has 0 aromatic carbocycles. The molecule has 1 atom stereocenters. The molecule has 1 N–H and O–H groups in total. The Kier molecular flexibility index (Phi) is 5.11. The third-order valence-electron chi connectivity index (χ3n) is 3.70. The van der Waals surface area contributed by atoms with E-state index in [2.05, 4.69) is 48.8 Å². The van der Waals surface area contributed by atoms with Gasteiger partial charge >= 0.3 is 0 Å². The fourth-order valence-electron chi connectivity index (χ4n) is 2.66. The van der Waals surface area contributed by atoms with E-state index in [9.17, 15) is 0 Å². The van der Waals surface area contributed by atoms with Crippen LogP contribution in [0.5, 0.6) is 0 Å². The molecule has 1 unspecified atom stereocenters. The molecule has 2 rings (SSSR count). The van der Waals surface area contributed by atoms with Crippen molar-refractivity contribution in [2.75, 3.05) is 30.8 Å². The predicted octanol–water partition coefficient (Wildman–Crippen LogP) is 2.75. The Hall–Kier alpha value is -0.740. The van der Waals surface area contributed by atoms with Gasteiger partial charge in [-0.05, 0) is 38.9 Å². The Labute approximate surface area is 121 Å². The van der Waals surface area contributed by atoms with Crippen LogP contribution in [0.1, 0.15) is 30.2 Å². The van der Waals surface area contributed by atoms with Gasteiger partial charge in [0.1, 0.15) is 5.82 Å². The SMILES string of the molecule is CCC1CN(c2nc(C)cc(C)c2CNC)CCS1. The molecule has 106 valence electrons. The molecule has 1 fully saturated rings. The number of nitrogens with zero attached hydrogens (tertiary/aromatic N) is 2. The molecule has 0 spiro atoms. The molecule has 0 amide bonds. The first-order chi connectivity index (χ1) is 9.15. The smallest absolute Gasteiger partial charge is 0.133 e. The number of pyridine rings is 1. The van der Waals surface area contributed by atoms with Crippen molar-refractivity contribution in [3.05, 3.63) is 22.9 Å². The Morgan fingerprint density at radius 2 is 2.26 bits per heavy atom. The van der Waals surface area contributed by atoms with Crippen LogP contribution in [0.3, 0.4) is 0 Å². The van der Waals surface area contributed by atoms with Gasteiger partial charge in [-0.3, -0.25) is 0 Å². The average molecular weight is 279 g/mol. The summed E-state index contributed by atoms with van der Waals surface area (Å²) in [6.07, 6.45) is 1.24. The first-order valence-electron chi connectivity index (χ1n) is 7.14. The number of nitrogens with one attached hydrogen (secondary N) is 1. The van der Waals surface area contributed by atoms with Crippen LogP contribution in [0.2, 0.25) is 0 Å². The van der Waals surface area contributed by atoms with Crippen molar-refractivity contribution < 1.29 is 0 Å². The van der Waals surface area contributed by atoms with Gasteiger partial charge in [0.2, 0.25) is 0 Å². The molecule has 1 aliphatic heterocycles. The average Bonchev–Trinajstić information content (AvgIpc) is 2.41. The minimum atomic E-state index is 0.749. The predicted molar refractivity (Wildman–Crippen MR) is 85.2 cm³/mol. The van der Waals surface area contributed by atoms with Gasteiger partial charge in [-0.1, -0.05) is 6.92 Å². The van der Waals surface area contributed by atoms with Crippen LogP contribution in [0.25, 0.3) is 0 Å². The summed E-state index contributed by atoms with van der Waals surface area (Å²) < 4.78 is 0. The van der Waals surface area contributed by atoms with Crippen LogP contribution in [-0.2, 0) is 6.54 Å². The molecule has 0 bridgehead atoms.